The van der Waals surface area contributed by atoms with Crippen molar-refractivity contribution in [3.63, 3.8) is 0 Å². The summed E-state index contributed by atoms with van der Waals surface area (Å²) in [6.07, 6.45) is 9.08. The molecule has 0 bridgehead atoms. The van der Waals surface area contributed by atoms with Crippen LogP contribution in [0.25, 0.3) is 0 Å². The highest BCUT2D eigenvalue weighted by Crippen LogP contribution is 2.18. The maximum atomic E-state index is 11.5. The smallest absolute Gasteiger partial charge is 0.313 e. The van der Waals surface area contributed by atoms with E-state index in [1.54, 1.807) is 0 Å². The van der Waals surface area contributed by atoms with E-state index in [9.17, 15) is 4.79 Å². The van der Waals surface area contributed by atoms with Gasteiger partial charge in [0.15, 0.2) is 0 Å². The standard InChI is InChI=1S/C12H18O2/c1-10(2)8-9-14-12(13)11-6-4-3-5-7-11/h4,6,8,11H,3,5,7,9H2,1-2H3. The lowest BCUT2D eigenvalue weighted by Gasteiger charge is -2.14. The fourth-order valence-electron chi connectivity index (χ4n) is 1.41. The van der Waals surface area contributed by atoms with Crippen LogP contribution in [-0.4, -0.2) is 12.6 Å². The molecule has 78 valence electrons. The van der Waals surface area contributed by atoms with Crippen LogP contribution in [0.3, 0.4) is 0 Å². The lowest BCUT2D eigenvalue weighted by Crippen LogP contribution is -2.17. The van der Waals surface area contributed by atoms with E-state index in [1.165, 1.54) is 5.57 Å². The van der Waals surface area contributed by atoms with E-state index in [0.29, 0.717) is 6.61 Å². The molecule has 1 aliphatic carbocycles. The molecule has 0 spiro atoms. The van der Waals surface area contributed by atoms with Crippen LogP contribution in [0.2, 0.25) is 0 Å². The Hall–Kier alpha value is -1.05. The first kappa shape index (κ1) is 11.0. The zero-order valence-corrected chi connectivity index (χ0v) is 8.95. The Balaban J connectivity index is 2.30. The molecule has 0 fully saturated rings. The molecule has 2 nitrogen and oxygen atoms in total. The molecule has 2 heteroatoms. The van der Waals surface area contributed by atoms with Crippen molar-refractivity contribution in [3.05, 3.63) is 23.8 Å². The van der Waals surface area contributed by atoms with Gasteiger partial charge in [0.2, 0.25) is 0 Å². The van der Waals surface area contributed by atoms with Crippen LogP contribution in [-0.2, 0) is 9.53 Å². The highest BCUT2D eigenvalue weighted by atomic mass is 16.5. The average Bonchev–Trinajstić information content (AvgIpc) is 2.18. The minimum absolute atomic E-state index is 0.00527. The minimum atomic E-state index is -0.0848. The molecule has 0 radical (unpaired) electrons. The Bertz CT molecular complexity index is 247. The van der Waals surface area contributed by atoms with E-state index >= 15 is 0 Å². The predicted molar refractivity (Wildman–Crippen MR) is 56.9 cm³/mol. The molecular formula is C12H18O2. The third-order valence-electron chi connectivity index (χ3n) is 2.27. The molecule has 1 rings (SSSR count). The summed E-state index contributed by atoms with van der Waals surface area (Å²) in [7, 11) is 0. The molecule has 0 aromatic rings. The monoisotopic (exact) mass is 194 g/mol. The molecule has 0 aliphatic heterocycles. The molecule has 0 saturated heterocycles. The normalized spacial score (nSPS) is 20.3. The Morgan fingerprint density at radius 2 is 2.36 bits per heavy atom. The van der Waals surface area contributed by atoms with E-state index < -0.39 is 0 Å². The zero-order chi connectivity index (χ0) is 10.4. The second-order valence-corrected chi connectivity index (χ2v) is 3.88. The lowest BCUT2D eigenvalue weighted by molar-refractivity contribution is -0.145. The van der Waals surface area contributed by atoms with Crippen LogP contribution < -0.4 is 0 Å². The summed E-state index contributed by atoms with van der Waals surface area (Å²) in [5.74, 6) is -0.0900. The van der Waals surface area contributed by atoms with Gasteiger partial charge in [-0.3, -0.25) is 4.79 Å². The lowest BCUT2D eigenvalue weighted by atomic mass is 9.96. The van der Waals surface area contributed by atoms with Crippen LogP contribution in [0.15, 0.2) is 23.8 Å². The second-order valence-electron chi connectivity index (χ2n) is 3.88. The molecule has 1 atom stereocenters. The van der Waals surface area contributed by atoms with Crippen molar-refractivity contribution in [2.75, 3.05) is 6.61 Å². The number of ether oxygens (including phenoxy) is 1. The fraction of sp³-hybridized carbons (Fsp3) is 0.583. The maximum absolute atomic E-state index is 11.5. The van der Waals surface area contributed by atoms with Crippen LogP contribution in [0.4, 0.5) is 0 Å². The van der Waals surface area contributed by atoms with Gasteiger partial charge in [0.1, 0.15) is 6.61 Å². The number of allylic oxidation sites excluding steroid dienone is 2. The van der Waals surface area contributed by atoms with Crippen molar-refractivity contribution in [2.24, 2.45) is 5.92 Å². The summed E-state index contributed by atoms with van der Waals surface area (Å²) < 4.78 is 5.13. The Labute approximate surface area is 85.6 Å². The van der Waals surface area contributed by atoms with Gasteiger partial charge in [-0.1, -0.05) is 17.7 Å². The van der Waals surface area contributed by atoms with Crippen LogP contribution in [0, 0.1) is 5.92 Å². The van der Waals surface area contributed by atoms with Gasteiger partial charge < -0.3 is 4.74 Å². The first-order valence-electron chi connectivity index (χ1n) is 5.17. The van der Waals surface area contributed by atoms with E-state index in [0.717, 1.165) is 19.3 Å². The van der Waals surface area contributed by atoms with E-state index in [-0.39, 0.29) is 11.9 Å². The zero-order valence-electron chi connectivity index (χ0n) is 8.95. The average molecular weight is 194 g/mol. The molecule has 0 N–H and O–H groups in total. The Morgan fingerprint density at radius 1 is 1.57 bits per heavy atom. The van der Waals surface area contributed by atoms with Crippen molar-refractivity contribution in [2.45, 2.75) is 33.1 Å². The Kier molecular flexibility index (Phi) is 4.44. The Morgan fingerprint density at radius 3 is 2.93 bits per heavy atom. The van der Waals surface area contributed by atoms with Crippen molar-refractivity contribution in [3.8, 4) is 0 Å². The third-order valence-corrected chi connectivity index (χ3v) is 2.27. The number of carbonyl (C=O) groups excluding carboxylic acids is 1. The molecule has 0 aromatic heterocycles. The number of rotatable bonds is 3. The molecule has 0 amide bonds. The summed E-state index contributed by atoms with van der Waals surface area (Å²) in [6.45, 7) is 4.40. The van der Waals surface area contributed by atoms with Gasteiger partial charge in [-0.05, 0) is 39.2 Å². The maximum Gasteiger partial charge on any atom is 0.313 e. The van der Waals surface area contributed by atoms with Crippen LogP contribution >= 0.6 is 0 Å². The highest BCUT2D eigenvalue weighted by molar-refractivity contribution is 5.74. The van der Waals surface area contributed by atoms with Gasteiger partial charge in [0.25, 0.3) is 0 Å². The summed E-state index contributed by atoms with van der Waals surface area (Å²) in [6, 6.07) is 0. The molecule has 0 saturated carbocycles. The predicted octanol–water partition coefficient (Wildman–Crippen LogP) is 2.85. The van der Waals surface area contributed by atoms with Crippen molar-refractivity contribution < 1.29 is 9.53 Å². The quantitative estimate of drug-likeness (QED) is 0.510. The fourth-order valence-corrected chi connectivity index (χ4v) is 1.41. The summed E-state index contributed by atoms with van der Waals surface area (Å²) in [5, 5.41) is 0. The van der Waals surface area contributed by atoms with E-state index in [4.69, 9.17) is 4.74 Å². The van der Waals surface area contributed by atoms with Crippen LogP contribution in [0.1, 0.15) is 33.1 Å². The van der Waals surface area contributed by atoms with E-state index in [1.807, 2.05) is 26.0 Å². The largest absolute Gasteiger partial charge is 0.461 e. The van der Waals surface area contributed by atoms with Gasteiger partial charge in [-0.15, -0.1) is 0 Å². The van der Waals surface area contributed by atoms with Gasteiger partial charge in [-0.25, -0.2) is 0 Å². The van der Waals surface area contributed by atoms with Gasteiger partial charge >= 0.3 is 5.97 Å². The van der Waals surface area contributed by atoms with Gasteiger partial charge in [0, 0.05) is 0 Å². The van der Waals surface area contributed by atoms with Gasteiger partial charge in [0.05, 0.1) is 5.92 Å². The van der Waals surface area contributed by atoms with Crippen molar-refractivity contribution in [1.82, 2.24) is 0 Å². The third kappa shape index (κ3) is 3.77. The summed E-state index contributed by atoms with van der Waals surface area (Å²) in [4.78, 5) is 11.5. The van der Waals surface area contributed by atoms with E-state index in [2.05, 4.69) is 6.08 Å². The highest BCUT2D eigenvalue weighted by Gasteiger charge is 2.17. The first-order chi connectivity index (χ1) is 6.70. The van der Waals surface area contributed by atoms with Crippen molar-refractivity contribution >= 4 is 5.97 Å². The molecular weight excluding hydrogens is 176 g/mol. The summed E-state index contributed by atoms with van der Waals surface area (Å²) in [5.41, 5.74) is 1.18. The first-order valence-corrected chi connectivity index (χ1v) is 5.17. The molecule has 0 heterocycles. The number of hydrogen-bond acceptors (Lipinski definition) is 2. The number of esters is 1. The molecule has 14 heavy (non-hydrogen) atoms. The molecule has 1 unspecified atom stereocenters. The molecule has 0 aromatic carbocycles. The van der Waals surface area contributed by atoms with Gasteiger partial charge in [-0.2, -0.15) is 0 Å². The molecule has 1 aliphatic rings. The van der Waals surface area contributed by atoms with Crippen LogP contribution in [0.5, 0.6) is 0 Å². The number of carbonyl (C=O) groups is 1. The second kappa shape index (κ2) is 5.63. The minimum Gasteiger partial charge on any atom is -0.461 e. The number of hydrogen-bond donors (Lipinski definition) is 0. The summed E-state index contributed by atoms with van der Waals surface area (Å²) >= 11 is 0. The topological polar surface area (TPSA) is 26.3 Å². The SMILES string of the molecule is CC(C)=CCOC(=O)C1C=CCCC1. The van der Waals surface area contributed by atoms with Crippen molar-refractivity contribution in [1.29, 1.82) is 0 Å².